The molecule has 0 aliphatic heterocycles. The molecular formula is C24H23ClIN3O3. The first-order chi connectivity index (χ1) is 15.5. The van der Waals surface area contributed by atoms with Crippen LogP contribution < -0.4 is 20.2 Å². The van der Waals surface area contributed by atoms with E-state index in [2.05, 4.69) is 38.4 Å². The molecule has 0 atom stereocenters. The van der Waals surface area contributed by atoms with Crippen LogP contribution in [0.15, 0.2) is 65.8 Å². The lowest BCUT2D eigenvalue weighted by atomic mass is 10.2. The molecule has 0 spiro atoms. The van der Waals surface area contributed by atoms with Gasteiger partial charge in [0.15, 0.2) is 11.5 Å². The number of nitrogens with one attached hydrogen (secondary N) is 2. The highest BCUT2D eigenvalue weighted by Crippen LogP contribution is 2.34. The van der Waals surface area contributed by atoms with E-state index in [-0.39, 0.29) is 0 Å². The van der Waals surface area contributed by atoms with E-state index in [0.29, 0.717) is 29.7 Å². The molecule has 6 nitrogen and oxygen atoms in total. The molecule has 0 heterocycles. The largest absolute Gasteiger partial charge is 0.490 e. The number of hydrogen-bond donors (Lipinski definition) is 2. The fourth-order valence-corrected chi connectivity index (χ4v) is 3.74. The number of nitrogens with zero attached hydrogens (tertiary/aromatic N) is 1. The number of urea groups is 1. The highest BCUT2D eigenvalue weighted by Gasteiger charge is 2.12. The van der Waals surface area contributed by atoms with Crippen LogP contribution in [-0.2, 0) is 6.61 Å². The van der Waals surface area contributed by atoms with Gasteiger partial charge < -0.3 is 14.8 Å². The summed E-state index contributed by atoms with van der Waals surface area (Å²) < 4.78 is 12.7. The van der Waals surface area contributed by atoms with Gasteiger partial charge in [-0.25, -0.2) is 10.2 Å². The third-order valence-corrected chi connectivity index (χ3v) is 5.45. The van der Waals surface area contributed by atoms with E-state index >= 15 is 0 Å². The van der Waals surface area contributed by atoms with E-state index < -0.39 is 6.03 Å². The van der Waals surface area contributed by atoms with Gasteiger partial charge in [0.1, 0.15) is 6.61 Å². The Bertz CT molecular complexity index is 1100. The van der Waals surface area contributed by atoms with Crippen LogP contribution in [0.5, 0.6) is 11.5 Å². The number of hydrogen-bond acceptors (Lipinski definition) is 4. The van der Waals surface area contributed by atoms with Crippen molar-refractivity contribution in [3.63, 3.8) is 0 Å². The summed E-state index contributed by atoms with van der Waals surface area (Å²) in [4.78, 5) is 12.1. The van der Waals surface area contributed by atoms with Crippen molar-refractivity contribution in [1.29, 1.82) is 0 Å². The molecule has 166 valence electrons. The predicted octanol–water partition coefficient (Wildman–Crippen LogP) is 6.39. The Kier molecular flexibility index (Phi) is 8.75. The summed E-state index contributed by atoms with van der Waals surface area (Å²) >= 11 is 8.14. The minimum absolute atomic E-state index is 0.390. The molecule has 3 aromatic carbocycles. The van der Waals surface area contributed by atoms with Crippen LogP contribution in [0, 0.1) is 10.5 Å². The Morgan fingerprint density at radius 2 is 1.88 bits per heavy atom. The Balaban J connectivity index is 1.67. The molecule has 8 heteroatoms. The molecule has 0 saturated heterocycles. The molecule has 0 fully saturated rings. The van der Waals surface area contributed by atoms with Gasteiger partial charge in [-0.2, -0.15) is 5.10 Å². The zero-order valence-electron chi connectivity index (χ0n) is 17.7. The summed E-state index contributed by atoms with van der Waals surface area (Å²) in [5.41, 5.74) is 5.95. The SMILES string of the molecule is CCOc1cc(C=NNC(=O)Nc2ccccc2C)cc(I)c1OCc1ccc(Cl)cc1. The molecule has 0 saturated carbocycles. The smallest absolute Gasteiger partial charge is 0.339 e. The van der Waals surface area contributed by atoms with Crippen LogP contribution in [0.2, 0.25) is 5.02 Å². The summed E-state index contributed by atoms with van der Waals surface area (Å²) in [7, 11) is 0. The van der Waals surface area contributed by atoms with Gasteiger partial charge in [-0.1, -0.05) is 41.9 Å². The molecule has 2 N–H and O–H groups in total. The number of carbonyl (C=O) groups excluding carboxylic acids is 1. The molecule has 3 aromatic rings. The molecule has 0 aliphatic carbocycles. The molecule has 0 aromatic heterocycles. The Morgan fingerprint density at radius 3 is 2.59 bits per heavy atom. The lowest BCUT2D eigenvalue weighted by Crippen LogP contribution is -2.24. The third kappa shape index (κ3) is 6.86. The maximum atomic E-state index is 12.1. The molecule has 32 heavy (non-hydrogen) atoms. The zero-order valence-corrected chi connectivity index (χ0v) is 20.6. The maximum absolute atomic E-state index is 12.1. The minimum atomic E-state index is -0.418. The lowest BCUT2D eigenvalue weighted by molar-refractivity contribution is 0.252. The van der Waals surface area contributed by atoms with Crippen molar-refractivity contribution in [1.82, 2.24) is 5.43 Å². The molecule has 0 aliphatic rings. The van der Waals surface area contributed by atoms with Gasteiger partial charge in [-0.15, -0.1) is 0 Å². The number of benzene rings is 3. The summed E-state index contributed by atoms with van der Waals surface area (Å²) in [6.07, 6.45) is 1.56. The predicted molar refractivity (Wildman–Crippen MR) is 137 cm³/mol. The zero-order chi connectivity index (χ0) is 22.9. The van der Waals surface area contributed by atoms with Crippen LogP contribution in [0.25, 0.3) is 0 Å². The number of ether oxygens (including phenoxy) is 2. The summed E-state index contributed by atoms with van der Waals surface area (Å²) in [6, 6.07) is 18.3. The first kappa shape index (κ1) is 23.9. The van der Waals surface area contributed by atoms with Crippen LogP contribution in [0.1, 0.15) is 23.6 Å². The van der Waals surface area contributed by atoms with Crippen LogP contribution in [0.3, 0.4) is 0 Å². The van der Waals surface area contributed by atoms with Gasteiger partial charge in [0, 0.05) is 10.7 Å². The van der Waals surface area contributed by atoms with E-state index in [0.717, 1.165) is 25.9 Å². The molecular weight excluding hydrogens is 541 g/mol. The van der Waals surface area contributed by atoms with Crippen molar-refractivity contribution in [2.24, 2.45) is 5.10 Å². The number of anilines is 1. The number of rotatable bonds is 8. The fourth-order valence-electron chi connectivity index (χ4n) is 2.83. The van der Waals surface area contributed by atoms with Gasteiger partial charge in [-0.3, -0.25) is 0 Å². The lowest BCUT2D eigenvalue weighted by Gasteiger charge is -2.15. The summed E-state index contributed by atoms with van der Waals surface area (Å²) in [6.45, 7) is 4.72. The summed E-state index contributed by atoms with van der Waals surface area (Å²) in [5.74, 6) is 1.27. The van der Waals surface area contributed by atoms with Gasteiger partial charge in [0.25, 0.3) is 0 Å². The van der Waals surface area contributed by atoms with Crippen molar-refractivity contribution < 1.29 is 14.3 Å². The van der Waals surface area contributed by atoms with Gasteiger partial charge in [0.2, 0.25) is 0 Å². The second kappa shape index (κ2) is 11.7. The normalized spacial score (nSPS) is 10.8. The number of aryl methyl sites for hydroxylation is 1. The highest BCUT2D eigenvalue weighted by molar-refractivity contribution is 14.1. The first-order valence-corrected chi connectivity index (χ1v) is 11.4. The van der Waals surface area contributed by atoms with E-state index in [9.17, 15) is 4.79 Å². The molecule has 0 radical (unpaired) electrons. The quantitative estimate of drug-likeness (QED) is 0.190. The van der Waals surface area contributed by atoms with Crippen LogP contribution >= 0.6 is 34.2 Å². The highest BCUT2D eigenvalue weighted by atomic mass is 127. The van der Waals surface area contributed by atoms with Crippen LogP contribution in [0.4, 0.5) is 10.5 Å². The third-order valence-electron chi connectivity index (χ3n) is 4.40. The second-order valence-corrected chi connectivity index (χ2v) is 8.42. The van der Waals surface area contributed by atoms with Crippen molar-refractivity contribution in [3.05, 3.63) is 85.9 Å². The monoisotopic (exact) mass is 563 g/mol. The van der Waals surface area contributed by atoms with Gasteiger partial charge >= 0.3 is 6.03 Å². The molecule has 0 bridgehead atoms. The number of amides is 2. The van der Waals surface area contributed by atoms with E-state index in [1.807, 2.05) is 74.5 Å². The number of carbonyl (C=O) groups is 1. The Labute approximate surface area is 206 Å². The van der Waals surface area contributed by atoms with E-state index in [1.165, 1.54) is 0 Å². The van der Waals surface area contributed by atoms with E-state index in [1.54, 1.807) is 6.21 Å². The van der Waals surface area contributed by atoms with Gasteiger partial charge in [-0.05, 0) is 83.5 Å². The van der Waals surface area contributed by atoms with Crippen molar-refractivity contribution in [2.45, 2.75) is 20.5 Å². The van der Waals surface area contributed by atoms with Crippen LogP contribution in [-0.4, -0.2) is 18.9 Å². The van der Waals surface area contributed by atoms with Crippen molar-refractivity contribution in [2.75, 3.05) is 11.9 Å². The molecule has 0 unspecified atom stereocenters. The number of halogens is 2. The number of para-hydroxylation sites is 1. The van der Waals surface area contributed by atoms with E-state index in [4.69, 9.17) is 21.1 Å². The topological polar surface area (TPSA) is 72.0 Å². The van der Waals surface area contributed by atoms with Gasteiger partial charge in [0.05, 0.1) is 16.4 Å². The second-order valence-electron chi connectivity index (χ2n) is 6.82. The number of hydrazone groups is 1. The standard InChI is InChI=1S/C24H23ClIN3O3/c1-3-31-22-13-18(14-27-29-24(30)28-21-7-5-4-6-16(21)2)12-20(26)23(22)32-15-17-8-10-19(25)11-9-17/h4-14H,3,15H2,1-2H3,(H2,28,29,30). The molecule has 2 amide bonds. The minimum Gasteiger partial charge on any atom is -0.490 e. The Hall–Kier alpha value is -2.78. The average Bonchev–Trinajstić information content (AvgIpc) is 2.76. The maximum Gasteiger partial charge on any atom is 0.339 e. The Morgan fingerprint density at radius 1 is 1.12 bits per heavy atom. The van der Waals surface area contributed by atoms with Crippen molar-refractivity contribution >= 4 is 52.1 Å². The first-order valence-electron chi connectivity index (χ1n) is 9.95. The molecule has 3 rings (SSSR count). The summed E-state index contributed by atoms with van der Waals surface area (Å²) in [5, 5.41) is 7.49. The van der Waals surface area contributed by atoms with Crippen molar-refractivity contribution in [3.8, 4) is 11.5 Å². The average molecular weight is 564 g/mol. The fraction of sp³-hybridized carbons (Fsp3) is 0.167.